The van der Waals surface area contributed by atoms with E-state index in [0.29, 0.717) is 10.4 Å². The minimum atomic E-state index is -3.53. The quantitative estimate of drug-likeness (QED) is 0.565. The summed E-state index contributed by atoms with van der Waals surface area (Å²) in [4.78, 5) is 20.2. The summed E-state index contributed by atoms with van der Waals surface area (Å²) in [6.45, 7) is -0.00243. The molecule has 0 atom stereocenters. The van der Waals surface area contributed by atoms with Crippen molar-refractivity contribution < 1.29 is 17.9 Å². The highest BCUT2D eigenvalue weighted by molar-refractivity contribution is 7.89. The average molecular weight is 426 g/mol. The van der Waals surface area contributed by atoms with Crippen LogP contribution in [0.15, 0.2) is 35.2 Å². The Bertz CT molecular complexity index is 1050. The van der Waals surface area contributed by atoms with Crippen LogP contribution in [0.3, 0.4) is 0 Å². The molecule has 3 rings (SSSR count). The van der Waals surface area contributed by atoms with E-state index in [9.17, 15) is 13.2 Å². The van der Waals surface area contributed by atoms with Crippen LogP contribution < -0.4 is 4.90 Å². The fraction of sp³-hybridized carbons (Fsp3) is 0.294. The minimum Gasteiger partial charge on any atom is -0.457 e. The van der Waals surface area contributed by atoms with Crippen molar-refractivity contribution in [3.63, 3.8) is 0 Å². The molecule has 10 heteroatoms. The number of carbonyl (C=O) groups is 1. The number of anilines is 1. The highest BCUT2D eigenvalue weighted by Crippen LogP contribution is 2.34. The molecule has 0 fully saturated rings. The zero-order chi connectivity index (χ0) is 19.8. The monoisotopic (exact) mass is 425 g/mol. The van der Waals surface area contributed by atoms with Crippen LogP contribution in [0.4, 0.5) is 5.13 Å². The Balaban J connectivity index is 1.71. The maximum atomic E-state index is 12.3. The number of ether oxygens (including phenoxy) is 1. The number of esters is 1. The maximum Gasteiger partial charge on any atom is 0.348 e. The molecule has 2 aromatic heterocycles. The Hall–Kier alpha value is -2.01. The number of rotatable bonds is 6. The van der Waals surface area contributed by atoms with Crippen LogP contribution in [-0.2, 0) is 21.4 Å². The second-order valence-electron chi connectivity index (χ2n) is 6.18. The van der Waals surface area contributed by atoms with Crippen LogP contribution >= 0.6 is 22.7 Å². The van der Waals surface area contributed by atoms with Crippen LogP contribution in [0.5, 0.6) is 0 Å². The van der Waals surface area contributed by atoms with E-state index in [2.05, 4.69) is 4.98 Å². The third kappa shape index (κ3) is 4.13. The first kappa shape index (κ1) is 19.7. The van der Waals surface area contributed by atoms with Gasteiger partial charge in [-0.05, 0) is 23.8 Å². The molecule has 0 bridgehead atoms. The molecule has 0 spiro atoms. The lowest BCUT2D eigenvalue weighted by atomic mass is 10.2. The van der Waals surface area contributed by atoms with Gasteiger partial charge in [0.05, 0.1) is 9.60 Å². The van der Waals surface area contributed by atoms with Gasteiger partial charge in [0, 0.05) is 28.2 Å². The largest absolute Gasteiger partial charge is 0.457 e. The number of thiazole rings is 1. The first-order chi connectivity index (χ1) is 12.7. The van der Waals surface area contributed by atoms with E-state index in [1.807, 2.05) is 19.0 Å². The van der Waals surface area contributed by atoms with Gasteiger partial charge in [-0.2, -0.15) is 0 Å². The van der Waals surface area contributed by atoms with Crippen molar-refractivity contribution in [3.05, 3.63) is 40.8 Å². The molecule has 3 aromatic rings. The van der Waals surface area contributed by atoms with Crippen molar-refractivity contribution >= 4 is 53.3 Å². The second-order valence-corrected chi connectivity index (χ2v) is 10.4. The molecule has 0 aliphatic rings. The highest BCUT2D eigenvalue weighted by atomic mass is 32.2. The van der Waals surface area contributed by atoms with Gasteiger partial charge in [0.25, 0.3) is 0 Å². The molecule has 144 valence electrons. The lowest BCUT2D eigenvalue weighted by Gasteiger charge is -2.12. The molecule has 0 N–H and O–H groups in total. The van der Waals surface area contributed by atoms with E-state index in [0.717, 1.165) is 19.0 Å². The molecule has 2 heterocycles. The van der Waals surface area contributed by atoms with Crippen molar-refractivity contribution in [1.82, 2.24) is 9.29 Å². The summed E-state index contributed by atoms with van der Waals surface area (Å²) in [5.74, 6) is -0.447. The van der Waals surface area contributed by atoms with Gasteiger partial charge in [0.1, 0.15) is 16.3 Å². The number of thiophene rings is 1. The normalized spacial score (nSPS) is 11.9. The van der Waals surface area contributed by atoms with Gasteiger partial charge in [0.2, 0.25) is 10.0 Å². The molecule has 0 amide bonds. The van der Waals surface area contributed by atoms with E-state index in [-0.39, 0.29) is 11.5 Å². The summed E-state index contributed by atoms with van der Waals surface area (Å²) >= 11 is 2.80. The number of benzene rings is 1. The summed E-state index contributed by atoms with van der Waals surface area (Å²) in [6, 6.07) is 8.16. The topological polar surface area (TPSA) is 79.8 Å². The fourth-order valence-electron chi connectivity index (χ4n) is 2.24. The minimum absolute atomic E-state index is 0.00243. The second kappa shape index (κ2) is 7.55. The summed E-state index contributed by atoms with van der Waals surface area (Å²) in [6.07, 6.45) is 0. The molecule has 0 unspecified atom stereocenters. The third-order valence-electron chi connectivity index (χ3n) is 3.71. The van der Waals surface area contributed by atoms with Gasteiger partial charge in [-0.25, -0.2) is 22.5 Å². The van der Waals surface area contributed by atoms with Crippen molar-refractivity contribution in [2.75, 3.05) is 33.1 Å². The van der Waals surface area contributed by atoms with E-state index in [1.54, 1.807) is 18.2 Å². The maximum absolute atomic E-state index is 12.3. The number of fused-ring (bicyclic) bond motifs is 1. The molecule has 0 aliphatic carbocycles. The Kier molecular flexibility index (Phi) is 5.52. The molecule has 27 heavy (non-hydrogen) atoms. The van der Waals surface area contributed by atoms with Crippen molar-refractivity contribution in [2.24, 2.45) is 0 Å². The number of nitrogens with zero attached hydrogens (tertiary/aromatic N) is 3. The van der Waals surface area contributed by atoms with Gasteiger partial charge in [-0.15, -0.1) is 11.3 Å². The first-order valence-electron chi connectivity index (χ1n) is 7.95. The SMILES string of the molecule is CN(C)c1nc2sc(C(=O)OCc3cccc(S(=O)(=O)N(C)C)c3)cc2s1. The lowest BCUT2D eigenvalue weighted by Crippen LogP contribution is -2.22. The molecule has 0 saturated heterocycles. The van der Waals surface area contributed by atoms with Crippen molar-refractivity contribution in [3.8, 4) is 0 Å². The van der Waals surface area contributed by atoms with Gasteiger partial charge >= 0.3 is 5.97 Å². The van der Waals surface area contributed by atoms with Crippen LogP contribution in [0.1, 0.15) is 15.2 Å². The zero-order valence-electron chi connectivity index (χ0n) is 15.3. The number of carbonyl (C=O) groups excluding carboxylic acids is 1. The smallest absolute Gasteiger partial charge is 0.348 e. The van der Waals surface area contributed by atoms with Gasteiger partial charge in [0.15, 0.2) is 5.13 Å². The summed E-state index contributed by atoms with van der Waals surface area (Å²) in [7, 11) is 3.26. The molecule has 0 aliphatic heterocycles. The van der Waals surface area contributed by atoms with Gasteiger partial charge < -0.3 is 9.64 Å². The van der Waals surface area contributed by atoms with Crippen molar-refractivity contribution in [2.45, 2.75) is 11.5 Å². The molecular formula is C17H19N3O4S3. The summed E-state index contributed by atoms with van der Waals surface area (Å²) in [5.41, 5.74) is 0.609. The van der Waals surface area contributed by atoms with E-state index in [1.165, 1.54) is 48.9 Å². The van der Waals surface area contributed by atoms with Crippen LogP contribution in [0.25, 0.3) is 9.53 Å². The molecular weight excluding hydrogens is 406 g/mol. The molecule has 0 saturated carbocycles. The molecule has 0 radical (unpaired) electrons. The number of sulfonamides is 1. The van der Waals surface area contributed by atoms with Crippen molar-refractivity contribution in [1.29, 1.82) is 0 Å². The Morgan fingerprint density at radius 2 is 1.89 bits per heavy atom. The average Bonchev–Trinajstić information content (AvgIpc) is 3.19. The van der Waals surface area contributed by atoms with Gasteiger partial charge in [-0.1, -0.05) is 23.5 Å². The number of hydrogen-bond acceptors (Lipinski definition) is 8. The zero-order valence-corrected chi connectivity index (χ0v) is 17.7. The van der Waals surface area contributed by atoms with E-state index >= 15 is 0 Å². The summed E-state index contributed by atoms with van der Waals surface area (Å²) < 4.78 is 31.8. The van der Waals surface area contributed by atoms with Crippen LogP contribution in [-0.4, -0.2) is 51.9 Å². The van der Waals surface area contributed by atoms with Crippen LogP contribution in [0.2, 0.25) is 0 Å². The van der Waals surface area contributed by atoms with Gasteiger partial charge in [-0.3, -0.25) is 0 Å². The predicted octanol–water partition coefficient (Wildman–Crippen LogP) is 3.03. The van der Waals surface area contributed by atoms with E-state index < -0.39 is 16.0 Å². The first-order valence-corrected chi connectivity index (χ1v) is 11.0. The lowest BCUT2D eigenvalue weighted by molar-refractivity contribution is 0.0478. The Morgan fingerprint density at radius 3 is 2.52 bits per heavy atom. The number of hydrogen-bond donors (Lipinski definition) is 0. The predicted molar refractivity (Wildman–Crippen MR) is 108 cm³/mol. The highest BCUT2D eigenvalue weighted by Gasteiger charge is 2.19. The van der Waals surface area contributed by atoms with E-state index in [4.69, 9.17) is 4.74 Å². The standard InChI is InChI=1S/C17H19N3O4S3/c1-19(2)17-18-15-13(26-17)9-14(25-15)16(21)24-10-11-6-5-7-12(8-11)27(22,23)20(3)4/h5-9H,10H2,1-4H3. The Labute approximate surface area is 165 Å². The number of aromatic nitrogens is 1. The molecule has 1 aromatic carbocycles. The Morgan fingerprint density at radius 1 is 1.15 bits per heavy atom. The third-order valence-corrected chi connectivity index (χ3v) is 7.83. The summed E-state index contributed by atoms with van der Waals surface area (Å²) in [5, 5.41) is 0.884. The van der Waals surface area contributed by atoms with Crippen LogP contribution in [0, 0.1) is 0 Å². The fourth-order valence-corrected chi connectivity index (χ4v) is 5.24. The molecule has 7 nitrogen and oxygen atoms in total.